The summed E-state index contributed by atoms with van der Waals surface area (Å²) >= 11 is 5.89. The van der Waals surface area contributed by atoms with Gasteiger partial charge in [-0.05, 0) is 57.9 Å². The zero-order valence-electron chi connectivity index (χ0n) is 24.4. The van der Waals surface area contributed by atoms with Crippen molar-refractivity contribution in [1.82, 2.24) is 5.06 Å². The topological polar surface area (TPSA) is 144 Å². The van der Waals surface area contributed by atoms with Gasteiger partial charge in [-0.1, -0.05) is 24.4 Å². The molecule has 2 rings (SSSR count). The minimum atomic E-state index is -0.827. The van der Waals surface area contributed by atoms with Crippen molar-refractivity contribution in [2.75, 3.05) is 31.2 Å². The number of hydrogen-bond acceptors (Lipinski definition) is 8. The number of hydrogen-bond donors (Lipinski definition) is 1. The molecule has 13 heteroatoms. The number of rotatable bonds is 17. The number of aromatic nitrogens is 1. The maximum absolute atomic E-state index is 11.9. The first kappa shape index (κ1) is 34.1. The summed E-state index contributed by atoms with van der Waals surface area (Å²) in [4.78, 5) is 33.9. The molecular weight excluding hydrogens is 564 g/mol. The van der Waals surface area contributed by atoms with E-state index >= 15 is 0 Å². The van der Waals surface area contributed by atoms with E-state index in [2.05, 4.69) is 4.99 Å². The van der Waals surface area contributed by atoms with Crippen molar-refractivity contribution in [1.29, 1.82) is 5.26 Å². The number of nitrogens with zero attached hydrogens (tertiary/aromatic N) is 5. The van der Waals surface area contributed by atoms with E-state index in [1.54, 1.807) is 52.3 Å². The van der Waals surface area contributed by atoms with Crippen molar-refractivity contribution in [3.63, 3.8) is 0 Å². The van der Waals surface area contributed by atoms with E-state index in [1.807, 2.05) is 32.9 Å². The summed E-state index contributed by atoms with van der Waals surface area (Å²) in [5.41, 5.74) is 6.29. The highest BCUT2D eigenvalue weighted by Crippen LogP contribution is 2.17. The number of pyridine rings is 1. The van der Waals surface area contributed by atoms with Gasteiger partial charge in [-0.15, -0.1) is 4.99 Å². The molecule has 42 heavy (non-hydrogen) atoms. The Bertz CT molecular complexity index is 1170. The van der Waals surface area contributed by atoms with Crippen molar-refractivity contribution < 1.29 is 33.2 Å². The first-order chi connectivity index (χ1) is 20.1. The van der Waals surface area contributed by atoms with Crippen LogP contribution in [-0.4, -0.2) is 55.5 Å². The summed E-state index contributed by atoms with van der Waals surface area (Å²) in [6.07, 6.45) is 8.97. The molecule has 0 saturated heterocycles. The third-order valence-electron chi connectivity index (χ3n) is 5.57. The lowest BCUT2D eigenvalue weighted by molar-refractivity contribution is -0.727. The van der Waals surface area contributed by atoms with Crippen LogP contribution in [0.4, 0.5) is 10.5 Å². The summed E-state index contributed by atoms with van der Waals surface area (Å²) < 4.78 is 17.6. The zero-order chi connectivity index (χ0) is 30.8. The number of nitrogens with two attached hydrogens (primary N) is 1. The highest BCUT2D eigenvalue weighted by atomic mass is 35.5. The molecule has 0 aliphatic rings. The molecule has 0 spiro atoms. The lowest BCUT2D eigenvalue weighted by Gasteiger charge is -2.26. The van der Waals surface area contributed by atoms with E-state index in [4.69, 9.17) is 41.6 Å². The smallest absolute Gasteiger partial charge is 0.494 e. The molecule has 2 aromatic rings. The molecule has 1 aromatic heterocycles. The van der Waals surface area contributed by atoms with Crippen molar-refractivity contribution in [2.24, 2.45) is 10.7 Å². The van der Waals surface area contributed by atoms with E-state index in [0.29, 0.717) is 31.0 Å². The Morgan fingerprint density at radius 2 is 1.71 bits per heavy atom. The number of amides is 1. The number of halogens is 1. The van der Waals surface area contributed by atoms with E-state index in [9.17, 15) is 9.59 Å². The molecule has 0 radical (unpaired) electrons. The van der Waals surface area contributed by atoms with Crippen LogP contribution in [0.2, 0.25) is 5.02 Å². The van der Waals surface area contributed by atoms with Gasteiger partial charge in [0.25, 0.3) is 6.73 Å². The van der Waals surface area contributed by atoms with Gasteiger partial charge in [-0.2, -0.15) is 9.83 Å². The fraction of sp³-hybridized carbons (Fsp3) is 0.483. The number of carbonyl (C=O) groups excluding carboxylic acids is 2. The Kier molecular flexibility index (Phi) is 14.9. The normalized spacial score (nSPS) is 11.4. The number of anilines is 1. The predicted molar refractivity (Wildman–Crippen MR) is 157 cm³/mol. The lowest BCUT2D eigenvalue weighted by Crippen LogP contribution is -2.40. The van der Waals surface area contributed by atoms with Gasteiger partial charge in [0.2, 0.25) is 18.6 Å². The van der Waals surface area contributed by atoms with E-state index in [1.165, 1.54) is 5.06 Å². The largest absolute Gasteiger partial charge is 0.513 e. The Morgan fingerprint density at radius 1 is 1.02 bits per heavy atom. The quantitative estimate of drug-likeness (QED) is 0.0402. The van der Waals surface area contributed by atoms with Crippen molar-refractivity contribution in [3.05, 3.63) is 53.8 Å². The lowest BCUT2D eigenvalue weighted by atomic mass is 10.2. The Balaban J connectivity index is 1.73. The number of ether oxygens (including phenoxy) is 3. The minimum Gasteiger partial charge on any atom is -0.494 e. The maximum atomic E-state index is 11.9. The molecule has 0 saturated carbocycles. The first-order valence-electron chi connectivity index (χ1n) is 13.7. The van der Waals surface area contributed by atoms with Crippen LogP contribution in [0, 0.1) is 11.5 Å². The fourth-order valence-corrected chi connectivity index (χ4v) is 3.79. The average Bonchev–Trinajstić information content (AvgIpc) is 2.96. The number of nitriles is 1. The molecule has 0 aliphatic heterocycles. The predicted octanol–water partition coefficient (Wildman–Crippen LogP) is 4.56. The molecule has 1 heterocycles. The van der Waals surface area contributed by atoms with Gasteiger partial charge in [-0.25, -0.2) is 9.86 Å². The third kappa shape index (κ3) is 14.0. The molecule has 0 fully saturated rings. The second-order valence-corrected chi connectivity index (χ2v) is 10.6. The zero-order valence-corrected chi connectivity index (χ0v) is 25.2. The fourth-order valence-electron chi connectivity index (χ4n) is 3.67. The molecule has 0 bridgehead atoms. The second kappa shape index (κ2) is 18.4. The second-order valence-electron chi connectivity index (χ2n) is 10.2. The molecule has 1 aromatic carbocycles. The number of carbonyl (C=O) groups is 2. The van der Waals surface area contributed by atoms with E-state index in [-0.39, 0.29) is 25.8 Å². The number of aliphatic imine (C=N–C) groups is 1. The van der Waals surface area contributed by atoms with E-state index < -0.39 is 11.8 Å². The molecular formula is C29H40ClN6O6+. The van der Waals surface area contributed by atoms with E-state index in [0.717, 1.165) is 37.1 Å². The number of guanidine groups is 1. The molecule has 2 N–H and O–H groups in total. The third-order valence-corrected chi connectivity index (χ3v) is 5.82. The Labute approximate surface area is 252 Å². The van der Waals surface area contributed by atoms with Gasteiger partial charge in [-0.3, -0.25) is 9.63 Å². The summed E-state index contributed by atoms with van der Waals surface area (Å²) in [5, 5.41) is 10.8. The summed E-state index contributed by atoms with van der Waals surface area (Å²) in [6.45, 7) is 6.97. The highest BCUT2D eigenvalue weighted by molar-refractivity contribution is 6.30. The molecule has 0 unspecified atom stereocenters. The Morgan fingerprint density at radius 3 is 2.36 bits per heavy atom. The van der Waals surface area contributed by atoms with Crippen LogP contribution >= 0.6 is 11.6 Å². The standard InChI is InChI=1S/C29H40ClN6O6/c1-29(2,3)42-35(22-37)15-8-20-40-28(38)41-23-34-17-13-25(14-18-34)36(27(32)33-21-31)16-6-4-5-7-19-39-26-11-9-24(30)10-12-26/h9-14,17-18,22H,4-8,15-16,19-20,23H2,1-3H3,(H2,32,33)/q+1. The molecule has 0 atom stereocenters. The van der Waals surface area contributed by atoms with Gasteiger partial charge in [0.1, 0.15) is 5.75 Å². The van der Waals surface area contributed by atoms with Crippen LogP contribution in [0.1, 0.15) is 52.9 Å². The SMILES string of the molecule is CC(C)(C)ON(C=O)CCCOC(=O)OC[n+]1ccc(N(CCCCCCOc2ccc(Cl)cc2)C(N)=NC#N)cc1. The van der Waals surface area contributed by atoms with Crippen molar-refractivity contribution >= 4 is 35.8 Å². The van der Waals surface area contributed by atoms with Gasteiger partial charge in [0.15, 0.2) is 12.4 Å². The van der Waals surface area contributed by atoms with Crippen LogP contribution < -0.4 is 19.9 Å². The monoisotopic (exact) mass is 603 g/mol. The maximum Gasteiger partial charge on any atom is 0.513 e. The van der Waals surface area contributed by atoms with Crippen LogP contribution in [0.15, 0.2) is 53.8 Å². The first-order valence-corrected chi connectivity index (χ1v) is 14.1. The number of benzene rings is 1. The molecule has 228 valence electrons. The van der Waals surface area contributed by atoms with Gasteiger partial charge in [0, 0.05) is 30.1 Å². The van der Waals surface area contributed by atoms with Gasteiger partial charge >= 0.3 is 6.16 Å². The summed E-state index contributed by atoms with van der Waals surface area (Å²) in [5.74, 6) is 0.890. The van der Waals surface area contributed by atoms with Crippen molar-refractivity contribution in [3.8, 4) is 11.9 Å². The molecule has 12 nitrogen and oxygen atoms in total. The highest BCUT2D eigenvalue weighted by Gasteiger charge is 2.17. The minimum absolute atomic E-state index is 0.0629. The number of hydroxylamine groups is 2. The summed E-state index contributed by atoms with van der Waals surface area (Å²) in [6, 6.07) is 10.9. The van der Waals surface area contributed by atoms with Gasteiger partial charge in [0.05, 0.1) is 31.0 Å². The van der Waals surface area contributed by atoms with Crippen LogP contribution in [0.3, 0.4) is 0 Å². The van der Waals surface area contributed by atoms with Crippen molar-refractivity contribution in [2.45, 2.75) is 65.2 Å². The van der Waals surface area contributed by atoms with Gasteiger partial charge < -0.3 is 24.8 Å². The molecule has 1 amide bonds. The molecule has 0 aliphatic carbocycles. The Hall–Kier alpha value is -4.08. The van der Waals surface area contributed by atoms with Crippen LogP contribution in [0.5, 0.6) is 5.75 Å². The summed E-state index contributed by atoms with van der Waals surface area (Å²) in [7, 11) is 0. The average molecular weight is 604 g/mol. The van der Waals surface area contributed by atoms with Crippen LogP contribution in [0.25, 0.3) is 0 Å². The number of unbranched alkanes of at least 4 members (excludes halogenated alkanes) is 3. The van der Waals surface area contributed by atoms with Crippen LogP contribution in [-0.2, 0) is 25.8 Å².